The second kappa shape index (κ2) is 4.93. The van der Waals surface area contributed by atoms with Crippen LogP contribution in [0.4, 0.5) is 13.2 Å². The number of ether oxygens (including phenoxy) is 1. The van der Waals surface area contributed by atoms with Gasteiger partial charge in [-0.15, -0.1) is 0 Å². The minimum atomic E-state index is -3.04. The normalized spacial score (nSPS) is 27.3. The zero-order valence-corrected chi connectivity index (χ0v) is 11.5. The lowest BCUT2D eigenvalue weighted by Gasteiger charge is -2.45. The number of nitrogens with zero attached hydrogens (tertiary/aromatic N) is 1. The summed E-state index contributed by atoms with van der Waals surface area (Å²) in [6.07, 6.45) is -3.17. The van der Waals surface area contributed by atoms with Crippen LogP contribution >= 0.6 is 0 Å². The molecule has 0 spiro atoms. The van der Waals surface area contributed by atoms with E-state index < -0.39 is 48.3 Å². The highest BCUT2D eigenvalue weighted by Gasteiger charge is 2.67. The summed E-state index contributed by atoms with van der Waals surface area (Å²) in [5.74, 6) is -4.69. The van der Waals surface area contributed by atoms with Gasteiger partial charge in [0.05, 0.1) is 12.6 Å². The van der Waals surface area contributed by atoms with E-state index in [0.717, 1.165) is 4.90 Å². The summed E-state index contributed by atoms with van der Waals surface area (Å²) >= 11 is 0. The molecule has 1 aliphatic heterocycles. The number of amides is 1. The van der Waals surface area contributed by atoms with Crippen LogP contribution in [0.1, 0.15) is 33.1 Å². The van der Waals surface area contributed by atoms with Gasteiger partial charge in [-0.1, -0.05) is 0 Å². The molecule has 2 fully saturated rings. The van der Waals surface area contributed by atoms with E-state index in [-0.39, 0.29) is 19.5 Å². The van der Waals surface area contributed by atoms with E-state index in [1.165, 1.54) is 0 Å². The van der Waals surface area contributed by atoms with Gasteiger partial charge in [0.15, 0.2) is 5.41 Å². The number of halogens is 3. The topological polar surface area (TPSA) is 46.6 Å². The average Bonchev–Trinajstić information content (AvgIpc) is 2.70. The van der Waals surface area contributed by atoms with Gasteiger partial charge in [-0.3, -0.25) is 9.59 Å². The van der Waals surface area contributed by atoms with Gasteiger partial charge in [0.1, 0.15) is 6.17 Å². The van der Waals surface area contributed by atoms with Crippen LogP contribution < -0.4 is 0 Å². The molecule has 2 rings (SSSR count). The number of rotatable bonds is 3. The van der Waals surface area contributed by atoms with Crippen LogP contribution in [0.25, 0.3) is 0 Å². The quantitative estimate of drug-likeness (QED) is 0.590. The molecule has 0 aromatic carbocycles. The van der Waals surface area contributed by atoms with Crippen LogP contribution in [0.3, 0.4) is 0 Å². The van der Waals surface area contributed by atoms with E-state index in [2.05, 4.69) is 0 Å². The molecule has 2 aliphatic rings. The molecule has 0 bridgehead atoms. The lowest BCUT2D eigenvalue weighted by atomic mass is 9.65. The Morgan fingerprint density at radius 2 is 1.90 bits per heavy atom. The minimum Gasteiger partial charge on any atom is -0.462 e. The summed E-state index contributed by atoms with van der Waals surface area (Å²) in [5.41, 5.74) is -1.84. The predicted molar refractivity (Wildman–Crippen MR) is 63.9 cm³/mol. The molecule has 0 aromatic rings. The van der Waals surface area contributed by atoms with Crippen molar-refractivity contribution in [3.05, 3.63) is 0 Å². The molecular weight excluding hydrogens is 275 g/mol. The number of hydrogen-bond acceptors (Lipinski definition) is 3. The molecule has 20 heavy (non-hydrogen) atoms. The van der Waals surface area contributed by atoms with Gasteiger partial charge in [-0.2, -0.15) is 0 Å². The van der Waals surface area contributed by atoms with Crippen molar-refractivity contribution < 1.29 is 27.5 Å². The molecule has 4 nitrogen and oxygen atoms in total. The van der Waals surface area contributed by atoms with Crippen molar-refractivity contribution >= 4 is 11.9 Å². The van der Waals surface area contributed by atoms with Gasteiger partial charge in [0.2, 0.25) is 5.91 Å². The van der Waals surface area contributed by atoms with Crippen LogP contribution in [0.5, 0.6) is 0 Å². The molecule has 1 atom stereocenters. The van der Waals surface area contributed by atoms with Crippen LogP contribution in [0.15, 0.2) is 0 Å². The first-order valence-electron chi connectivity index (χ1n) is 6.69. The Bertz CT molecular complexity index is 417. The molecule has 1 amide bonds. The number of likely N-dealkylation sites (tertiary alicyclic amines) is 1. The van der Waals surface area contributed by atoms with E-state index in [0.29, 0.717) is 0 Å². The highest BCUT2D eigenvalue weighted by molar-refractivity contribution is 6.04. The molecular formula is C13H18F3NO3. The Hall–Kier alpha value is -1.27. The Morgan fingerprint density at radius 1 is 1.30 bits per heavy atom. The number of esters is 1. The lowest BCUT2D eigenvalue weighted by Crippen LogP contribution is -2.60. The summed E-state index contributed by atoms with van der Waals surface area (Å²) in [4.78, 5) is 25.5. The van der Waals surface area contributed by atoms with Crippen LogP contribution in [-0.2, 0) is 14.3 Å². The summed E-state index contributed by atoms with van der Waals surface area (Å²) in [6.45, 7) is 3.18. The lowest BCUT2D eigenvalue weighted by molar-refractivity contribution is -0.207. The molecule has 114 valence electrons. The predicted octanol–water partition coefficient (Wildman–Crippen LogP) is 1.92. The second-order valence-corrected chi connectivity index (χ2v) is 5.88. The number of alkyl halides is 3. The molecule has 0 aromatic heterocycles. The van der Waals surface area contributed by atoms with Gasteiger partial charge >= 0.3 is 5.97 Å². The van der Waals surface area contributed by atoms with Gasteiger partial charge in [0, 0.05) is 19.4 Å². The fourth-order valence-corrected chi connectivity index (χ4v) is 2.75. The van der Waals surface area contributed by atoms with Gasteiger partial charge < -0.3 is 9.64 Å². The summed E-state index contributed by atoms with van der Waals surface area (Å²) in [5, 5.41) is 0. The van der Waals surface area contributed by atoms with Crippen molar-refractivity contribution in [2.75, 3.05) is 13.1 Å². The average molecular weight is 293 g/mol. The number of carbonyl (C=O) groups excluding carboxylic acids is 2. The van der Waals surface area contributed by atoms with E-state index in [1.54, 1.807) is 13.8 Å². The number of carbonyl (C=O) groups is 2. The molecule has 1 aliphatic carbocycles. The maximum atomic E-state index is 13.2. The van der Waals surface area contributed by atoms with Crippen LogP contribution in [0, 0.1) is 5.41 Å². The van der Waals surface area contributed by atoms with Crippen molar-refractivity contribution in [1.29, 1.82) is 0 Å². The van der Waals surface area contributed by atoms with E-state index >= 15 is 0 Å². The molecule has 1 saturated heterocycles. The van der Waals surface area contributed by atoms with E-state index in [1.807, 2.05) is 0 Å². The second-order valence-electron chi connectivity index (χ2n) is 5.88. The highest BCUT2D eigenvalue weighted by Crippen LogP contribution is 2.54. The maximum Gasteiger partial charge on any atom is 0.322 e. The minimum absolute atomic E-state index is 0.138. The standard InChI is InChI=1S/C13H18F3NO3/c1-8(2)20-11(19)12(6-13(15,16)7-12)10(18)17-4-3-9(14)5-17/h8-9H,3-7H2,1-2H3/t9-/m1/s1. The molecule has 1 saturated carbocycles. The Morgan fingerprint density at radius 3 is 2.30 bits per heavy atom. The summed E-state index contributed by atoms with van der Waals surface area (Å²) in [7, 11) is 0. The SMILES string of the molecule is CC(C)OC(=O)C1(C(=O)N2CC[C@@H](F)C2)CC(F)(F)C1. The molecule has 0 unspecified atom stereocenters. The smallest absolute Gasteiger partial charge is 0.322 e. The third-order valence-corrected chi connectivity index (χ3v) is 3.68. The van der Waals surface area contributed by atoms with Gasteiger partial charge in [-0.25, -0.2) is 13.2 Å². The van der Waals surface area contributed by atoms with Gasteiger partial charge in [0.25, 0.3) is 5.92 Å². The monoisotopic (exact) mass is 293 g/mol. The van der Waals surface area contributed by atoms with Crippen LogP contribution in [0.2, 0.25) is 0 Å². The fraction of sp³-hybridized carbons (Fsp3) is 0.846. The summed E-state index contributed by atoms with van der Waals surface area (Å²) in [6, 6.07) is 0. The zero-order valence-electron chi connectivity index (χ0n) is 11.5. The third-order valence-electron chi connectivity index (χ3n) is 3.68. The first kappa shape index (κ1) is 15.1. The van der Waals surface area contributed by atoms with Crippen molar-refractivity contribution in [2.45, 2.75) is 51.3 Å². The van der Waals surface area contributed by atoms with Crippen LogP contribution in [-0.4, -0.2) is 48.1 Å². The largest absolute Gasteiger partial charge is 0.462 e. The molecule has 1 heterocycles. The van der Waals surface area contributed by atoms with Crippen molar-refractivity contribution in [3.63, 3.8) is 0 Å². The van der Waals surface area contributed by atoms with Gasteiger partial charge in [-0.05, 0) is 20.3 Å². The first-order valence-corrected chi connectivity index (χ1v) is 6.69. The Kier molecular flexibility index (Phi) is 3.73. The van der Waals surface area contributed by atoms with Crippen molar-refractivity contribution in [2.24, 2.45) is 5.41 Å². The Labute approximate surface area is 115 Å². The summed E-state index contributed by atoms with van der Waals surface area (Å²) < 4.78 is 44.5. The molecule has 0 radical (unpaired) electrons. The third kappa shape index (κ3) is 2.62. The zero-order chi connectivity index (χ0) is 15.1. The fourth-order valence-electron chi connectivity index (χ4n) is 2.75. The van der Waals surface area contributed by atoms with E-state index in [9.17, 15) is 22.8 Å². The molecule has 0 N–H and O–H groups in total. The van der Waals surface area contributed by atoms with Crippen molar-refractivity contribution in [3.8, 4) is 0 Å². The Balaban J connectivity index is 2.16. The first-order chi connectivity index (χ1) is 9.16. The van der Waals surface area contributed by atoms with E-state index in [4.69, 9.17) is 4.74 Å². The highest BCUT2D eigenvalue weighted by atomic mass is 19.3. The van der Waals surface area contributed by atoms with Crippen molar-refractivity contribution in [1.82, 2.24) is 4.90 Å². The number of hydrogen-bond donors (Lipinski definition) is 0. The maximum absolute atomic E-state index is 13.2. The molecule has 7 heteroatoms.